The first kappa shape index (κ1) is 22.4. The van der Waals surface area contributed by atoms with Gasteiger partial charge in [0.2, 0.25) is 5.96 Å². The normalized spacial score (nSPS) is 12.5. The third-order valence-corrected chi connectivity index (χ3v) is 3.13. The number of hydrogen-bond donors (Lipinski definition) is 3. The van der Waals surface area contributed by atoms with Gasteiger partial charge in [0.15, 0.2) is 0 Å². The first-order chi connectivity index (χ1) is 11.4. The lowest BCUT2D eigenvalue weighted by molar-refractivity contribution is 0.0561. The van der Waals surface area contributed by atoms with Crippen LogP contribution in [0, 0.1) is 0 Å². The second kappa shape index (κ2) is 13.8. The van der Waals surface area contributed by atoms with E-state index in [1.165, 1.54) is 19.3 Å². The van der Waals surface area contributed by atoms with Gasteiger partial charge in [-0.25, -0.2) is 9.79 Å². The lowest BCUT2D eigenvalue weighted by Gasteiger charge is -2.20. The van der Waals surface area contributed by atoms with Crippen LogP contribution in [0.4, 0.5) is 4.79 Å². The van der Waals surface area contributed by atoms with Crippen molar-refractivity contribution in [3.8, 4) is 0 Å². The zero-order valence-corrected chi connectivity index (χ0v) is 15.9. The number of alkyl carbamates (subject to hydrolysis) is 1. The van der Waals surface area contributed by atoms with Crippen molar-refractivity contribution in [2.75, 3.05) is 19.6 Å². The summed E-state index contributed by atoms with van der Waals surface area (Å²) >= 11 is 0. The van der Waals surface area contributed by atoms with E-state index in [-0.39, 0.29) is 0 Å². The fourth-order valence-electron chi connectivity index (χ4n) is 1.97. The van der Waals surface area contributed by atoms with Crippen LogP contribution in [0.15, 0.2) is 17.1 Å². The lowest BCUT2D eigenvalue weighted by Crippen LogP contribution is -2.43. The van der Waals surface area contributed by atoms with Gasteiger partial charge in [0.25, 0.3) is 0 Å². The SMILES string of the molecule is C/C=C/CN=C(NCCCCCCCCN)NC(=O)OC(C)(C)C. The topological polar surface area (TPSA) is 88.7 Å². The molecular weight excluding hydrogens is 304 g/mol. The molecule has 0 saturated heterocycles. The van der Waals surface area contributed by atoms with Crippen LogP contribution in [0.3, 0.4) is 0 Å². The van der Waals surface area contributed by atoms with Crippen LogP contribution in [0.25, 0.3) is 0 Å². The summed E-state index contributed by atoms with van der Waals surface area (Å²) in [5.41, 5.74) is 4.95. The fourth-order valence-corrected chi connectivity index (χ4v) is 1.97. The summed E-state index contributed by atoms with van der Waals surface area (Å²) in [4.78, 5) is 16.2. The Labute approximate surface area is 147 Å². The Morgan fingerprint density at radius 3 is 2.33 bits per heavy atom. The quantitative estimate of drug-likeness (QED) is 0.246. The van der Waals surface area contributed by atoms with Crippen LogP contribution >= 0.6 is 0 Å². The van der Waals surface area contributed by atoms with Crippen molar-refractivity contribution in [2.24, 2.45) is 10.7 Å². The highest BCUT2D eigenvalue weighted by Crippen LogP contribution is 2.06. The van der Waals surface area contributed by atoms with Crippen molar-refractivity contribution in [1.29, 1.82) is 0 Å². The summed E-state index contributed by atoms with van der Waals surface area (Å²) in [6, 6.07) is 0. The van der Waals surface area contributed by atoms with Gasteiger partial charge in [0, 0.05) is 6.54 Å². The average Bonchev–Trinajstić information content (AvgIpc) is 2.48. The minimum absolute atomic E-state index is 0.463. The number of guanidine groups is 1. The van der Waals surface area contributed by atoms with E-state index in [9.17, 15) is 4.79 Å². The number of nitrogens with one attached hydrogen (secondary N) is 2. The van der Waals surface area contributed by atoms with Crippen molar-refractivity contribution in [3.63, 3.8) is 0 Å². The molecule has 0 spiro atoms. The summed E-state index contributed by atoms with van der Waals surface area (Å²) in [5, 5.41) is 5.86. The Kier molecular flexibility index (Phi) is 12.9. The number of nitrogens with zero attached hydrogens (tertiary/aromatic N) is 1. The number of nitrogens with two attached hydrogens (primary N) is 1. The predicted molar refractivity (Wildman–Crippen MR) is 101 cm³/mol. The van der Waals surface area contributed by atoms with E-state index in [4.69, 9.17) is 10.5 Å². The predicted octanol–water partition coefficient (Wildman–Crippen LogP) is 3.33. The summed E-state index contributed by atoms with van der Waals surface area (Å²) < 4.78 is 5.26. The van der Waals surface area contributed by atoms with Gasteiger partial charge in [0.1, 0.15) is 5.60 Å². The summed E-state index contributed by atoms with van der Waals surface area (Å²) in [7, 11) is 0. The molecule has 0 atom stereocenters. The Balaban J connectivity index is 4.14. The second-order valence-electron chi connectivity index (χ2n) is 6.72. The Bertz CT molecular complexity index is 387. The molecule has 24 heavy (non-hydrogen) atoms. The molecule has 0 heterocycles. The molecule has 4 N–H and O–H groups in total. The maximum Gasteiger partial charge on any atom is 0.414 e. The van der Waals surface area contributed by atoms with Crippen LogP contribution in [0.2, 0.25) is 0 Å². The summed E-state index contributed by atoms with van der Waals surface area (Å²) in [6.45, 7) is 9.53. The molecule has 0 radical (unpaired) electrons. The maximum atomic E-state index is 11.9. The van der Waals surface area contributed by atoms with Crippen molar-refractivity contribution in [3.05, 3.63) is 12.2 Å². The standard InChI is InChI=1S/C18H36N4O2/c1-5-6-14-20-16(22-17(23)24-18(2,3)4)21-15-12-10-8-7-9-11-13-19/h5-6H,7-15,19H2,1-4H3,(H2,20,21,22,23)/b6-5+. The van der Waals surface area contributed by atoms with Gasteiger partial charge in [-0.2, -0.15) is 0 Å². The highest BCUT2D eigenvalue weighted by Gasteiger charge is 2.17. The van der Waals surface area contributed by atoms with E-state index in [1.807, 2.05) is 39.8 Å². The number of amides is 1. The molecule has 0 unspecified atom stereocenters. The molecule has 0 aliphatic heterocycles. The number of hydrogen-bond acceptors (Lipinski definition) is 4. The molecular formula is C18H36N4O2. The van der Waals surface area contributed by atoms with Gasteiger partial charge in [-0.1, -0.05) is 37.8 Å². The highest BCUT2D eigenvalue weighted by molar-refractivity contribution is 5.94. The van der Waals surface area contributed by atoms with Crippen LogP contribution in [0.5, 0.6) is 0 Å². The Morgan fingerprint density at radius 2 is 1.75 bits per heavy atom. The molecule has 0 aromatic heterocycles. The van der Waals surface area contributed by atoms with Gasteiger partial charge in [-0.15, -0.1) is 0 Å². The van der Waals surface area contributed by atoms with Crippen molar-refractivity contribution >= 4 is 12.1 Å². The van der Waals surface area contributed by atoms with Crippen LogP contribution < -0.4 is 16.4 Å². The molecule has 0 aromatic carbocycles. The summed E-state index contributed by atoms with van der Waals surface area (Å²) in [5.74, 6) is 0.463. The van der Waals surface area contributed by atoms with E-state index >= 15 is 0 Å². The van der Waals surface area contributed by atoms with Crippen molar-refractivity contribution in [2.45, 2.75) is 71.8 Å². The molecule has 0 aromatic rings. The highest BCUT2D eigenvalue weighted by atomic mass is 16.6. The smallest absolute Gasteiger partial charge is 0.414 e. The average molecular weight is 341 g/mol. The molecule has 0 rings (SSSR count). The van der Waals surface area contributed by atoms with Crippen molar-refractivity contribution < 1.29 is 9.53 Å². The molecule has 0 aliphatic carbocycles. The van der Waals surface area contributed by atoms with E-state index in [0.717, 1.165) is 32.4 Å². The largest absolute Gasteiger partial charge is 0.444 e. The van der Waals surface area contributed by atoms with E-state index in [2.05, 4.69) is 15.6 Å². The van der Waals surface area contributed by atoms with Gasteiger partial charge < -0.3 is 15.8 Å². The zero-order chi connectivity index (χ0) is 18.3. The minimum Gasteiger partial charge on any atom is -0.444 e. The number of carbonyl (C=O) groups excluding carboxylic acids is 1. The minimum atomic E-state index is -0.526. The third kappa shape index (κ3) is 15.3. The van der Waals surface area contributed by atoms with Crippen molar-refractivity contribution in [1.82, 2.24) is 10.6 Å². The summed E-state index contributed by atoms with van der Waals surface area (Å²) in [6.07, 6.45) is 10.3. The Morgan fingerprint density at radius 1 is 1.12 bits per heavy atom. The first-order valence-corrected chi connectivity index (χ1v) is 8.98. The van der Waals surface area contributed by atoms with Gasteiger partial charge >= 0.3 is 6.09 Å². The second-order valence-corrected chi connectivity index (χ2v) is 6.72. The molecule has 0 saturated carbocycles. The molecule has 6 nitrogen and oxygen atoms in total. The van der Waals surface area contributed by atoms with E-state index in [0.29, 0.717) is 12.5 Å². The van der Waals surface area contributed by atoms with Crippen LogP contribution in [0.1, 0.15) is 66.2 Å². The zero-order valence-electron chi connectivity index (χ0n) is 15.9. The maximum absolute atomic E-state index is 11.9. The van der Waals surface area contributed by atoms with Gasteiger partial charge in [-0.05, 0) is 47.1 Å². The van der Waals surface area contributed by atoms with Crippen LogP contribution in [-0.2, 0) is 4.74 Å². The van der Waals surface area contributed by atoms with Crippen LogP contribution in [-0.4, -0.2) is 37.3 Å². The lowest BCUT2D eigenvalue weighted by atomic mass is 10.1. The molecule has 140 valence electrons. The molecule has 6 heteroatoms. The number of aliphatic imine (C=N–C) groups is 1. The first-order valence-electron chi connectivity index (χ1n) is 8.98. The molecule has 1 amide bonds. The molecule has 0 fully saturated rings. The molecule has 0 bridgehead atoms. The van der Waals surface area contributed by atoms with Gasteiger partial charge in [-0.3, -0.25) is 5.32 Å². The monoisotopic (exact) mass is 340 g/mol. The Hall–Kier alpha value is -1.56. The fraction of sp³-hybridized carbons (Fsp3) is 0.778. The third-order valence-electron chi connectivity index (χ3n) is 3.13. The number of unbranched alkanes of at least 4 members (excludes halogenated alkanes) is 5. The number of rotatable bonds is 10. The van der Waals surface area contributed by atoms with Gasteiger partial charge in [0.05, 0.1) is 6.54 Å². The molecule has 0 aliphatic rings. The number of carbonyl (C=O) groups is 1. The van der Waals surface area contributed by atoms with E-state index < -0.39 is 11.7 Å². The van der Waals surface area contributed by atoms with E-state index in [1.54, 1.807) is 0 Å². The number of allylic oxidation sites excluding steroid dienone is 1. The number of ether oxygens (including phenoxy) is 1.